The molecular weight excluding hydrogens is 458 g/mol. The monoisotopic (exact) mass is 482 g/mol. The topological polar surface area (TPSA) is 82.6 Å². The summed E-state index contributed by atoms with van der Waals surface area (Å²) in [4.78, 5) is 11.6. The van der Waals surface area contributed by atoms with Crippen LogP contribution in [0.2, 0.25) is 0 Å². The van der Waals surface area contributed by atoms with Crippen LogP contribution in [0.3, 0.4) is 0 Å². The third-order valence-corrected chi connectivity index (χ3v) is 6.89. The molecule has 0 spiro atoms. The summed E-state index contributed by atoms with van der Waals surface area (Å²) in [6, 6.07) is 27.9. The molecule has 8 heteroatoms. The largest absolute Gasteiger partial charge is 0.378 e. The van der Waals surface area contributed by atoms with E-state index in [1.165, 1.54) is 0 Å². The van der Waals surface area contributed by atoms with Crippen molar-refractivity contribution in [3.05, 3.63) is 103 Å². The van der Waals surface area contributed by atoms with Gasteiger partial charge in [0.15, 0.2) is 10.0 Å². The molecule has 1 atom stereocenters. The fourth-order valence-electron chi connectivity index (χ4n) is 3.70. The molecule has 35 heavy (non-hydrogen) atoms. The molecule has 5 aromatic rings. The molecule has 0 fully saturated rings. The predicted molar refractivity (Wildman–Crippen MR) is 138 cm³/mol. The van der Waals surface area contributed by atoms with Gasteiger partial charge < -0.3 is 4.90 Å². The molecule has 7 nitrogen and oxygen atoms in total. The number of hydrogen-bond donors (Lipinski definition) is 1. The number of rotatable bonds is 5. The lowest BCUT2D eigenvalue weighted by Crippen LogP contribution is -2.31. The summed E-state index contributed by atoms with van der Waals surface area (Å²) < 4.78 is 29.8. The summed E-state index contributed by atoms with van der Waals surface area (Å²) in [6.45, 7) is 0. The fraction of sp³-hybridized carbons (Fsp3) is 0.0741. The summed E-state index contributed by atoms with van der Waals surface area (Å²) in [5, 5.41) is 0. The average molecular weight is 483 g/mol. The first-order valence-corrected chi connectivity index (χ1v) is 12.5. The number of pyridine rings is 1. The van der Waals surface area contributed by atoms with Crippen molar-refractivity contribution < 1.29 is 13.3 Å². The maximum Gasteiger partial charge on any atom is 0.374 e. The van der Waals surface area contributed by atoms with Crippen molar-refractivity contribution in [2.75, 3.05) is 19.0 Å². The lowest BCUT2D eigenvalue weighted by molar-refractivity contribution is -0.598. The molecule has 0 amide bonds. The molecule has 1 N–H and O–H groups in total. The Labute approximate surface area is 204 Å². The molecule has 0 saturated heterocycles. The van der Waals surface area contributed by atoms with Crippen molar-refractivity contribution in [2.24, 2.45) is 4.36 Å². The minimum Gasteiger partial charge on any atom is -0.378 e. The van der Waals surface area contributed by atoms with Crippen LogP contribution in [0.5, 0.6) is 0 Å². The third kappa shape index (κ3) is 4.75. The molecule has 0 aliphatic rings. The Morgan fingerprint density at radius 1 is 0.771 bits per heavy atom. The van der Waals surface area contributed by atoms with E-state index >= 15 is 0 Å². The van der Waals surface area contributed by atoms with Gasteiger partial charge in [0.1, 0.15) is 5.52 Å². The maximum absolute atomic E-state index is 13.1. The second-order valence-corrected chi connectivity index (χ2v) is 9.84. The zero-order valence-corrected chi connectivity index (χ0v) is 20.1. The summed E-state index contributed by atoms with van der Waals surface area (Å²) >= 11 is 0. The molecular formula is C27H24N5O2S+. The van der Waals surface area contributed by atoms with E-state index in [9.17, 15) is 8.76 Å². The van der Waals surface area contributed by atoms with Gasteiger partial charge in [-0.05, 0) is 64.6 Å². The molecule has 0 aliphatic heterocycles. The van der Waals surface area contributed by atoms with Gasteiger partial charge >= 0.3 is 5.82 Å². The van der Waals surface area contributed by atoms with Gasteiger partial charge in [0.25, 0.3) is 5.82 Å². The van der Waals surface area contributed by atoms with Crippen molar-refractivity contribution in [3.8, 4) is 16.9 Å². The minimum absolute atomic E-state index is 0.0909. The number of nitrogens with zero attached hydrogens (tertiary/aromatic N) is 5. The highest BCUT2D eigenvalue weighted by Crippen LogP contribution is 2.25. The van der Waals surface area contributed by atoms with Gasteiger partial charge in [-0.15, -0.1) is 4.36 Å². The molecule has 0 aliphatic carbocycles. The van der Waals surface area contributed by atoms with E-state index in [2.05, 4.69) is 38.5 Å². The van der Waals surface area contributed by atoms with Crippen molar-refractivity contribution in [2.45, 2.75) is 4.90 Å². The summed E-state index contributed by atoms with van der Waals surface area (Å²) in [5.74, 6) is 0.462. The molecule has 2 heterocycles. The molecule has 0 saturated carbocycles. The van der Waals surface area contributed by atoms with Crippen LogP contribution in [0.1, 0.15) is 0 Å². The van der Waals surface area contributed by atoms with E-state index in [-0.39, 0.29) is 10.7 Å². The van der Waals surface area contributed by atoms with E-state index < -0.39 is 10.0 Å². The normalized spacial score (nSPS) is 12.8. The number of benzene rings is 3. The first kappa shape index (κ1) is 22.6. The molecule has 174 valence electrons. The smallest absolute Gasteiger partial charge is 0.374 e. The zero-order valence-electron chi connectivity index (χ0n) is 19.3. The van der Waals surface area contributed by atoms with Crippen LogP contribution >= 0.6 is 0 Å². The van der Waals surface area contributed by atoms with Gasteiger partial charge in [-0.2, -0.15) is 4.57 Å². The van der Waals surface area contributed by atoms with Crippen molar-refractivity contribution in [1.29, 1.82) is 0 Å². The Bertz CT molecular complexity index is 1610. The predicted octanol–water partition coefficient (Wildman–Crippen LogP) is 5.27. The summed E-state index contributed by atoms with van der Waals surface area (Å²) in [5.41, 5.74) is 4.51. The molecule has 5 rings (SSSR count). The molecule has 3 aromatic carbocycles. The number of hydrogen-bond acceptors (Lipinski definition) is 5. The first-order valence-electron chi connectivity index (χ1n) is 11.0. The third-order valence-electron chi connectivity index (χ3n) is 5.59. The standard InChI is InChI=1S/C27H23N5O2S/c1-31(2)22-14-12-20(13-15-22)21-16-18-32(19-17-21)27-26(28-24-10-6-7-11-25(24)29-27)30-35(33,34)23-8-4-3-5-9-23/h3-19H,1-2H3/p+1. The maximum atomic E-state index is 13.1. The van der Waals surface area contributed by atoms with E-state index in [0.29, 0.717) is 16.9 Å². The lowest BCUT2D eigenvalue weighted by atomic mass is 10.1. The Balaban J connectivity index is 1.60. The number of para-hydroxylation sites is 2. The highest BCUT2D eigenvalue weighted by molar-refractivity contribution is 7.88. The zero-order chi connectivity index (χ0) is 24.4. The lowest BCUT2D eigenvalue weighted by Gasteiger charge is -2.12. The van der Waals surface area contributed by atoms with Crippen LogP contribution in [-0.4, -0.2) is 32.8 Å². The van der Waals surface area contributed by atoms with E-state index in [0.717, 1.165) is 16.8 Å². The van der Waals surface area contributed by atoms with Crippen molar-refractivity contribution >= 4 is 32.5 Å². The number of anilines is 1. The van der Waals surface area contributed by atoms with E-state index in [4.69, 9.17) is 4.98 Å². The van der Waals surface area contributed by atoms with Crippen molar-refractivity contribution in [1.82, 2.24) is 9.97 Å². The van der Waals surface area contributed by atoms with Crippen LogP contribution in [0.4, 0.5) is 11.5 Å². The summed E-state index contributed by atoms with van der Waals surface area (Å²) in [7, 11) is 0.301. The van der Waals surface area contributed by atoms with Gasteiger partial charge in [0, 0.05) is 19.8 Å². The fourth-order valence-corrected chi connectivity index (χ4v) is 4.67. The van der Waals surface area contributed by atoms with Gasteiger partial charge in [-0.3, -0.25) is 4.55 Å². The Morgan fingerprint density at radius 3 is 1.97 bits per heavy atom. The number of fused-ring (bicyclic) bond motifs is 1. The highest BCUT2D eigenvalue weighted by Gasteiger charge is 2.22. The van der Waals surface area contributed by atoms with Crippen LogP contribution in [0.15, 0.2) is 113 Å². The average Bonchev–Trinajstić information content (AvgIpc) is 2.89. The van der Waals surface area contributed by atoms with Gasteiger partial charge in [-0.1, -0.05) is 42.5 Å². The van der Waals surface area contributed by atoms with Crippen LogP contribution in [0, 0.1) is 0 Å². The van der Waals surface area contributed by atoms with Gasteiger partial charge in [-0.25, -0.2) is 9.19 Å². The van der Waals surface area contributed by atoms with Crippen LogP contribution in [0.25, 0.3) is 28.0 Å². The van der Waals surface area contributed by atoms with Crippen LogP contribution in [-0.2, 0) is 10.0 Å². The molecule has 0 radical (unpaired) electrons. The highest BCUT2D eigenvalue weighted by atomic mass is 32.2. The number of aromatic nitrogens is 3. The Morgan fingerprint density at radius 2 is 1.34 bits per heavy atom. The van der Waals surface area contributed by atoms with E-state index in [1.54, 1.807) is 41.0 Å². The second-order valence-electron chi connectivity index (χ2n) is 8.20. The van der Waals surface area contributed by atoms with Gasteiger partial charge in [0.2, 0.25) is 5.52 Å². The Hall–Kier alpha value is -4.14. The van der Waals surface area contributed by atoms with Gasteiger partial charge in [0.05, 0.1) is 17.3 Å². The second kappa shape index (κ2) is 9.25. The molecule has 1 unspecified atom stereocenters. The van der Waals surface area contributed by atoms with Crippen LogP contribution < -0.4 is 9.47 Å². The SMILES string of the molecule is CN(C)c1ccc(-c2cc[n+](-c3nc4ccccc4nc3N=S(=O)(O)c3ccccc3)cc2)cc1. The first-order chi connectivity index (χ1) is 16.9. The minimum atomic E-state index is -3.72. The molecule has 2 aromatic heterocycles. The Kier molecular flexibility index (Phi) is 5.98. The van der Waals surface area contributed by atoms with Crippen molar-refractivity contribution in [3.63, 3.8) is 0 Å². The summed E-state index contributed by atoms with van der Waals surface area (Å²) in [6.07, 6.45) is 3.71. The molecule has 0 bridgehead atoms. The quantitative estimate of drug-likeness (QED) is 0.345. The van der Waals surface area contributed by atoms with E-state index in [1.807, 2.05) is 56.8 Å².